The van der Waals surface area contributed by atoms with E-state index < -0.39 is 23.4 Å². The molecule has 0 aliphatic heterocycles. The lowest BCUT2D eigenvalue weighted by Gasteiger charge is -2.29. The molecule has 0 aliphatic carbocycles. The largest absolute Gasteiger partial charge is 0.443 e. The summed E-state index contributed by atoms with van der Waals surface area (Å²) in [6.45, 7) is 16.7. The number of nitrogens with zero attached hydrogens (tertiary/aromatic N) is 2. The van der Waals surface area contributed by atoms with E-state index in [1.165, 1.54) is 0 Å². The fourth-order valence-electron chi connectivity index (χ4n) is 4.46. The van der Waals surface area contributed by atoms with E-state index in [2.05, 4.69) is 36.6 Å². The molecule has 0 bridgehead atoms. The molecular weight excluding hydrogens is 697 g/mol. The Morgan fingerprint density at radius 2 is 1.49 bits per heavy atom. The molecule has 4 rings (SSSR count). The second-order valence-corrected chi connectivity index (χ2v) is 14.0. The molecule has 0 saturated carbocycles. The lowest BCUT2D eigenvalue weighted by atomic mass is 10.0. The Kier molecular flexibility index (Phi) is 11.7. The summed E-state index contributed by atoms with van der Waals surface area (Å²) in [5.41, 5.74) is 4.35. The summed E-state index contributed by atoms with van der Waals surface area (Å²) in [5.74, 6) is 0. The van der Waals surface area contributed by atoms with Crippen LogP contribution in [-0.4, -0.2) is 38.8 Å². The van der Waals surface area contributed by atoms with Crippen molar-refractivity contribution in [1.82, 2.24) is 8.87 Å². The topological polar surface area (TPSA) is 72.8 Å². The smallest absolute Gasteiger partial charge is 0.419 e. The van der Waals surface area contributed by atoms with Crippen molar-refractivity contribution in [1.29, 1.82) is 0 Å². The van der Waals surface area contributed by atoms with Gasteiger partial charge in [0.25, 0.3) is 0 Å². The molecule has 10 heteroatoms. The SMILES string of the molecule is CC.Cc1ccc(Nc2ccc3c4cc(Cl)ccc4n(SI)c3c2CCN(C(=O)OC(C)(C)C)C(=O)OC(C)(C)C)cc1. The van der Waals surface area contributed by atoms with Crippen molar-refractivity contribution < 1.29 is 19.1 Å². The molecule has 1 aromatic heterocycles. The van der Waals surface area contributed by atoms with Crippen molar-refractivity contribution >= 4 is 87.3 Å². The highest BCUT2D eigenvalue weighted by Gasteiger charge is 2.31. The molecule has 7 nitrogen and oxygen atoms in total. The summed E-state index contributed by atoms with van der Waals surface area (Å²) in [4.78, 5) is 27.5. The number of carbonyl (C=O) groups is 2. The zero-order valence-corrected chi connectivity index (χ0v) is 30.0. The van der Waals surface area contributed by atoms with Gasteiger partial charge in [-0.05, 0) is 91.3 Å². The minimum Gasteiger partial charge on any atom is -0.443 e. The molecule has 4 aromatic rings. The van der Waals surface area contributed by atoms with Gasteiger partial charge in [-0.15, -0.1) is 0 Å². The highest BCUT2D eigenvalue weighted by atomic mass is 127. The van der Waals surface area contributed by atoms with Gasteiger partial charge < -0.3 is 14.8 Å². The maximum absolute atomic E-state index is 13.2. The van der Waals surface area contributed by atoms with Crippen molar-refractivity contribution in [2.24, 2.45) is 0 Å². The number of anilines is 2. The van der Waals surface area contributed by atoms with Crippen molar-refractivity contribution in [3.63, 3.8) is 0 Å². The molecule has 232 valence electrons. The lowest BCUT2D eigenvalue weighted by Crippen LogP contribution is -2.44. The van der Waals surface area contributed by atoms with Crippen LogP contribution in [0.25, 0.3) is 21.8 Å². The fraction of sp³-hybridized carbons (Fsp3) is 0.394. The molecule has 3 aromatic carbocycles. The average molecular weight is 738 g/mol. The number of imide groups is 1. The highest BCUT2D eigenvalue weighted by molar-refractivity contribution is 14.2. The number of ether oxygens (including phenoxy) is 2. The van der Waals surface area contributed by atoms with Crippen LogP contribution < -0.4 is 5.32 Å². The summed E-state index contributed by atoms with van der Waals surface area (Å²) in [6, 6.07) is 18.1. The van der Waals surface area contributed by atoms with Gasteiger partial charge in [-0.2, -0.15) is 0 Å². The number of aromatic nitrogens is 1. The molecule has 0 fully saturated rings. The normalized spacial score (nSPS) is 11.6. The van der Waals surface area contributed by atoms with Gasteiger partial charge in [0.1, 0.15) is 11.2 Å². The second-order valence-electron chi connectivity index (χ2n) is 11.9. The third-order valence-corrected chi connectivity index (χ3v) is 8.10. The van der Waals surface area contributed by atoms with Crippen LogP contribution in [0.1, 0.15) is 66.5 Å². The van der Waals surface area contributed by atoms with Gasteiger partial charge in [0, 0.05) is 69.6 Å². The number of amides is 2. The fourth-order valence-corrected chi connectivity index (χ4v) is 6.37. The van der Waals surface area contributed by atoms with E-state index in [-0.39, 0.29) is 6.54 Å². The van der Waals surface area contributed by atoms with E-state index in [9.17, 15) is 9.59 Å². The summed E-state index contributed by atoms with van der Waals surface area (Å²) >= 11 is 8.67. The summed E-state index contributed by atoms with van der Waals surface area (Å²) in [6.07, 6.45) is -1.14. The molecule has 2 amide bonds. The Hall–Kier alpha value is -2.63. The number of halogens is 2. The molecule has 43 heavy (non-hydrogen) atoms. The first-order valence-electron chi connectivity index (χ1n) is 14.3. The van der Waals surface area contributed by atoms with E-state index >= 15 is 0 Å². The van der Waals surface area contributed by atoms with E-state index in [1.807, 2.05) is 69.3 Å². The zero-order chi connectivity index (χ0) is 32.1. The van der Waals surface area contributed by atoms with Gasteiger partial charge in [-0.1, -0.05) is 49.2 Å². The van der Waals surface area contributed by atoms with E-state index in [0.29, 0.717) is 11.4 Å². The Labute approximate surface area is 276 Å². The van der Waals surface area contributed by atoms with Gasteiger partial charge >= 0.3 is 12.2 Å². The monoisotopic (exact) mass is 737 g/mol. The molecule has 1 heterocycles. The maximum atomic E-state index is 13.2. The minimum atomic E-state index is -0.779. The predicted octanol–water partition coefficient (Wildman–Crippen LogP) is 11.1. The molecular formula is C33H41ClIN3O4S. The van der Waals surface area contributed by atoms with Gasteiger partial charge in [-0.25, -0.2) is 14.5 Å². The number of rotatable bonds is 6. The molecule has 0 atom stereocenters. The minimum absolute atomic E-state index is 0.0553. The molecule has 1 N–H and O–H groups in total. The summed E-state index contributed by atoms with van der Waals surface area (Å²) in [5, 5.41) is 6.26. The van der Waals surface area contributed by atoms with Gasteiger partial charge in [0.2, 0.25) is 0 Å². The number of benzene rings is 3. The molecule has 0 aliphatic rings. The van der Waals surface area contributed by atoms with Crippen molar-refractivity contribution in [3.05, 3.63) is 70.7 Å². The number of carbonyl (C=O) groups excluding carboxylic acids is 2. The number of fused-ring (bicyclic) bond motifs is 3. The number of hydrogen-bond donors (Lipinski definition) is 1. The first-order chi connectivity index (χ1) is 20.2. The van der Waals surface area contributed by atoms with Gasteiger partial charge in [-0.3, -0.25) is 3.97 Å². The average Bonchev–Trinajstić information content (AvgIpc) is 3.22. The number of aryl methyl sites for hydroxylation is 1. The highest BCUT2D eigenvalue weighted by Crippen LogP contribution is 2.40. The van der Waals surface area contributed by atoms with Crippen LogP contribution in [0.3, 0.4) is 0 Å². The van der Waals surface area contributed by atoms with E-state index in [0.717, 1.165) is 49.2 Å². The Bertz CT molecular complexity index is 1560. The van der Waals surface area contributed by atoms with E-state index in [1.54, 1.807) is 50.7 Å². The molecule has 0 unspecified atom stereocenters. The maximum Gasteiger partial charge on any atom is 0.419 e. The van der Waals surface area contributed by atoms with Crippen molar-refractivity contribution in [2.45, 2.75) is 79.9 Å². The van der Waals surface area contributed by atoms with Crippen molar-refractivity contribution in [2.75, 3.05) is 11.9 Å². The lowest BCUT2D eigenvalue weighted by molar-refractivity contribution is 0.00172. The first kappa shape index (κ1) is 34.9. The van der Waals surface area contributed by atoms with Gasteiger partial charge in [0.05, 0.1) is 11.0 Å². The van der Waals surface area contributed by atoms with Crippen LogP contribution >= 0.6 is 41.9 Å². The molecule has 0 spiro atoms. The van der Waals surface area contributed by atoms with E-state index in [4.69, 9.17) is 21.1 Å². The summed E-state index contributed by atoms with van der Waals surface area (Å²) < 4.78 is 13.4. The Morgan fingerprint density at radius 1 is 0.907 bits per heavy atom. The number of nitrogens with one attached hydrogen (secondary N) is 1. The molecule has 0 saturated heterocycles. The Morgan fingerprint density at radius 3 is 2.02 bits per heavy atom. The third-order valence-electron chi connectivity index (χ3n) is 6.17. The third kappa shape index (κ3) is 8.95. The quantitative estimate of drug-likeness (QED) is 0.199. The van der Waals surface area contributed by atoms with Crippen LogP contribution in [0.5, 0.6) is 0 Å². The van der Waals surface area contributed by atoms with Crippen LogP contribution in [-0.2, 0) is 15.9 Å². The Balaban J connectivity index is 0.00000248. The number of hydrogen-bond acceptors (Lipinski definition) is 6. The van der Waals surface area contributed by atoms with Crippen LogP contribution in [0.15, 0.2) is 54.6 Å². The van der Waals surface area contributed by atoms with Gasteiger partial charge in [0.15, 0.2) is 0 Å². The standard InChI is InChI=1S/C31H35ClIN3O4S.C2H6/c1-19-8-11-21(12-9-19)34-25-14-13-22-24-18-20(32)10-15-26(24)36(41-33)27(22)23(25)16-17-35(28(37)39-30(2,3)4)29(38)40-31(5,6)7;1-2/h8-15,18,34H,16-17H2,1-7H3;1-2H3. The zero-order valence-electron chi connectivity index (χ0n) is 26.3. The predicted molar refractivity (Wildman–Crippen MR) is 190 cm³/mol. The van der Waals surface area contributed by atoms with Crippen molar-refractivity contribution in [3.8, 4) is 0 Å². The first-order valence-corrected chi connectivity index (χ1v) is 18.0. The second kappa shape index (κ2) is 14.4. The van der Waals surface area contributed by atoms with Crippen LogP contribution in [0, 0.1) is 6.92 Å². The summed E-state index contributed by atoms with van der Waals surface area (Å²) in [7, 11) is 1.55. The van der Waals surface area contributed by atoms with Crippen LogP contribution in [0.4, 0.5) is 21.0 Å². The van der Waals surface area contributed by atoms with Crippen LogP contribution in [0.2, 0.25) is 5.02 Å². The molecule has 0 radical (unpaired) electrons.